The van der Waals surface area contributed by atoms with E-state index in [1.165, 1.54) is 40.7 Å². The van der Waals surface area contributed by atoms with Gasteiger partial charge in [-0.2, -0.15) is 12.7 Å². The molecule has 0 unspecified atom stereocenters. The van der Waals surface area contributed by atoms with Crippen molar-refractivity contribution in [1.82, 2.24) is 4.31 Å². The Kier molecular flexibility index (Phi) is 9.81. The molecule has 3 aromatic rings. The van der Waals surface area contributed by atoms with Crippen LogP contribution in [0.2, 0.25) is 0 Å². The van der Waals surface area contributed by atoms with Crippen molar-refractivity contribution >= 4 is 31.8 Å². The number of hydrogen-bond donors (Lipinski definition) is 2. The first-order valence-electron chi connectivity index (χ1n) is 13.3. The van der Waals surface area contributed by atoms with Crippen LogP contribution in [-0.2, 0) is 25.0 Å². The molecule has 1 fully saturated rings. The van der Waals surface area contributed by atoms with Gasteiger partial charge in [-0.25, -0.2) is 8.42 Å². The number of sulfonamides is 1. The van der Waals surface area contributed by atoms with Gasteiger partial charge in [-0.05, 0) is 60.5 Å². The van der Waals surface area contributed by atoms with Crippen molar-refractivity contribution in [2.75, 3.05) is 44.3 Å². The van der Waals surface area contributed by atoms with Crippen molar-refractivity contribution < 1.29 is 30.6 Å². The number of guanidine groups is 1. The normalized spacial score (nSPS) is 14.3. The van der Waals surface area contributed by atoms with Gasteiger partial charge < -0.3 is 30.1 Å². The van der Waals surface area contributed by atoms with Gasteiger partial charge >= 0.3 is 10.1 Å². The number of para-hydroxylation sites is 1. The number of oxime groups is 1. The summed E-state index contributed by atoms with van der Waals surface area (Å²) in [5.74, 6) is 0.169. The lowest BCUT2D eigenvalue weighted by Gasteiger charge is -2.36. The van der Waals surface area contributed by atoms with Gasteiger partial charge in [0.25, 0.3) is 0 Å². The van der Waals surface area contributed by atoms with E-state index in [1.807, 2.05) is 31.2 Å². The third kappa shape index (κ3) is 7.63. The lowest BCUT2D eigenvalue weighted by Crippen LogP contribution is -2.49. The molecule has 0 aromatic heterocycles. The molecule has 14 heteroatoms. The smallest absolute Gasteiger partial charge is 0.340 e. The van der Waals surface area contributed by atoms with Gasteiger partial charge in [-0.1, -0.05) is 30.3 Å². The maximum Gasteiger partial charge on any atom is 0.340 e. The molecule has 4 N–H and O–H groups in total. The van der Waals surface area contributed by atoms with E-state index in [1.54, 1.807) is 13.0 Å². The average Bonchev–Trinajstić information content (AvgIpc) is 2.94. The summed E-state index contributed by atoms with van der Waals surface area (Å²) >= 11 is 0. The molecule has 12 nitrogen and oxygen atoms in total. The Hall–Kier alpha value is -4.01. The Morgan fingerprint density at radius 3 is 2.17 bits per heavy atom. The molecule has 226 valence electrons. The molecular weight excluding hydrogens is 582 g/mol. The van der Waals surface area contributed by atoms with Crippen molar-refractivity contribution in [3.05, 3.63) is 77.9 Å². The van der Waals surface area contributed by atoms with Crippen LogP contribution < -0.4 is 25.3 Å². The highest BCUT2D eigenvalue weighted by Gasteiger charge is 2.34. The van der Waals surface area contributed by atoms with E-state index >= 15 is 0 Å². The van der Waals surface area contributed by atoms with Gasteiger partial charge in [0.2, 0.25) is 16.0 Å². The summed E-state index contributed by atoms with van der Waals surface area (Å²) in [5, 5.41) is 3.42. The number of piperazine rings is 1. The lowest BCUT2D eigenvalue weighted by molar-refractivity contribution is 0.127. The van der Waals surface area contributed by atoms with E-state index < -0.39 is 25.0 Å². The predicted octanol–water partition coefficient (Wildman–Crippen LogP) is 2.56. The fourth-order valence-electron chi connectivity index (χ4n) is 4.55. The number of nitrogens with two attached hydrogens (primary N) is 2. The van der Waals surface area contributed by atoms with Crippen LogP contribution in [0.25, 0.3) is 0 Å². The molecule has 0 bridgehead atoms. The minimum Gasteiger partial charge on any atom is -0.493 e. The van der Waals surface area contributed by atoms with Crippen molar-refractivity contribution in [1.29, 1.82) is 0 Å². The number of anilines is 1. The van der Waals surface area contributed by atoms with Crippen molar-refractivity contribution in [2.45, 2.75) is 30.1 Å². The summed E-state index contributed by atoms with van der Waals surface area (Å²) in [6.45, 7) is 5.59. The number of hydrogen-bond acceptors (Lipinski definition) is 9. The van der Waals surface area contributed by atoms with Crippen molar-refractivity contribution in [3.8, 4) is 11.5 Å². The van der Waals surface area contributed by atoms with Crippen LogP contribution in [0.5, 0.6) is 11.5 Å². The number of nitrogens with zero attached hydrogens (tertiary/aromatic N) is 3. The van der Waals surface area contributed by atoms with E-state index in [9.17, 15) is 16.8 Å². The minimum atomic E-state index is -4.53. The summed E-state index contributed by atoms with van der Waals surface area (Å²) in [7, 11) is -8.67. The highest BCUT2D eigenvalue weighted by molar-refractivity contribution is 7.91. The van der Waals surface area contributed by atoms with Crippen LogP contribution in [0.4, 0.5) is 5.69 Å². The summed E-state index contributed by atoms with van der Waals surface area (Å²) in [5.41, 5.74) is 13.2. The lowest BCUT2D eigenvalue weighted by atomic mass is 10.1. The first-order valence-corrected chi connectivity index (χ1v) is 16.1. The average molecular weight is 618 g/mol. The monoisotopic (exact) mass is 617 g/mol. The first-order chi connectivity index (χ1) is 20.0. The molecule has 1 aliphatic rings. The molecule has 1 aliphatic heterocycles. The molecule has 1 heterocycles. The zero-order valence-corrected chi connectivity index (χ0v) is 25.1. The molecule has 4 rings (SSSR count). The maximum absolute atomic E-state index is 13.7. The van der Waals surface area contributed by atoms with E-state index in [4.69, 9.17) is 25.2 Å². The quantitative estimate of drug-likeness (QED) is 0.101. The molecule has 42 heavy (non-hydrogen) atoms. The van der Waals surface area contributed by atoms with Crippen LogP contribution >= 0.6 is 0 Å². The molecule has 0 spiro atoms. The van der Waals surface area contributed by atoms with Crippen LogP contribution in [0.15, 0.2) is 81.7 Å². The third-order valence-electron chi connectivity index (χ3n) is 6.48. The van der Waals surface area contributed by atoms with Crippen LogP contribution in [0, 0.1) is 13.8 Å². The van der Waals surface area contributed by atoms with Gasteiger partial charge in [0.1, 0.15) is 27.9 Å². The maximum atomic E-state index is 13.7. The molecule has 1 saturated heterocycles. The molecular formula is C28H35N5O7S2. The van der Waals surface area contributed by atoms with Gasteiger partial charge in [0.05, 0.1) is 6.61 Å². The molecule has 0 saturated carbocycles. The summed E-state index contributed by atoms with van der Waals surface area (Å²) < 4.78 is 66.7. The second-order valence-electron chi connectivity index (χ2n) is 9.69. The zero-order valence-electron chi connectivity index (χ0n) is 23.5. The fraction of sp³-hybridized carbons (Fsp3) is 0.321. The topological polar surface area (TPSA) is 167 Å². The Morgan fingerprint density at radius 2 is 1.48 bits per heavy atom. The van der Waals surface area contributed by atoms with Crippen molar-refractivity contribution in [3.63, 3.8) is 0 Å². The molecule has 3 aromatic carbocycles. The second-order valence-corrected chi connectivity index (χ2v) is 13.1. The zero-order chi connectivity index (χ0) is 30.3. The Bertz CT molecular complexity index is 1630. The van der Waals surface area contributed by atoms with Gasteiger partial charge in [-0.3, -0.25) is 0 Å². The number of rotatable bonds is 12. The largest absolute Gasteiger partial charge is 0.493 e. The molecule has 0 radical (unpaired) electrons. The standard InChI is InChI=1S/C28H35N5O7S2/c1-21-18-23(38-16-7-17-39-31-28(29)30)20-24(19-21)40-42(36,37)27-11-6-5-10-26(27)41(34,35)33-14-12-32(13-15-33)25-9-4-3-8-22(25)2/h3-6,8-11,18-20H,7,12-17H2,1-2H3,(H4,29,30,31). The second kappa shape index (κ2) is 13.3. The number of ether oxygens (including phenoxy) is 1. The third-order valence-corrected chi connectivity index (χ3v) is 9.87. The summed E-state index contributed by atoms with van der Waals surface area (Å²) in [4.78, 5) is 6.26. The highest BCUT2D eigenvalue weighted by Crippen LogP contribution is 2.30. The number of benzene rings is 3. The molecule has 0 amide bonds. The Morgan fingerprint density at radius 1 is 0.833 bits per heavy atom. The first kappa shape index (κ1) is 30.9. The fourth-order valence-corrected chi connectivity index (χ4v) is 7.66. The van der Waals surface area contributed by atoms with E-state index in [-0.39, 0.29) is 42.9 Å². The predicted molar refractivity (Wildman–Crippen MR) is 159 cm³/mol. The Balaban J connectivity index is 1.47. The van der Waals surface area contributed by atoms with Gasteiger partial charge in [-0.15, -0.1) is 0 Å². The van der Waals surface area contributed by atoms with E-state index in [0.29, 0.717) is 30.8 Å². The summed E-state index contributed by atoms with van der Waals surface area (Å²) in [6, 6.07) is 18.0. The molecule has 0 atom stereocenters. The van der Waals surface area contributed by atoms with E-state index in [2.05, 4.69) is 10.1 Å². The Labute approximate surface area is 246 Å². The molecule has 0 aliphatic carbocycles. The van der Waals surface area contributed by atoms with Crippen LogP contribution in [-0.4, -0.2) is 66.5 Å². The number of aryl methyl sites for hydroxylation is 2. The van der Waals surface area contributed by atoms with Crippen molar-refractivity contribution in [2.24, 2.45) is 16.6 Å². The van der Waals surface area contributed by atoms with Gasteiger partial charge in [0.15, 0.2) is 0 Å². The van der Waals surface area contributed by atoms with E-state index in [0.717, 1.165) is 11.3 Å². The highest BCUT2D eigenvalue weighted by atomic mass is 32.2. The van der Waals surface area contributed by atoms with Crippen LogP contribution in [0.3, 0.4) is 0 Å². The SMILES string of the molecule is Cc1cc(OCCCON=C(N)N)cc(OS(=O)(=O)c2ccccc2S(=O)(=O)N2CCN(c3ccccc3C)CC2)c1. The van der Waals surface area contributed by atoms with Gasteiger partial charge in [0, 0.05) is 44.4 Å². The summed E-state index contributed by atoms with van der Waals surface area (Å²) in [6.07, 6.45) is 0.462. The minimum absolute atomic E-state index is 0.0131. The van der Waals surface area contributed by atoms with Crippen LogP contribution in [0.1, 0.15) is 17.5 Å².